The van der Waals surface area contributed by atoms with E-state index in [0.717, 1.165) is 19.6 Å². The molecule has 8 heteroatoms. The highest BCUT2D eigenvalue weighted by molar-refractivity contribution is 6.35. The minimum absolute atomic E-state index is 0.182. The van der Waals surface area contributed by atoms with Crippen LogP contribution in [0, 0.1) is 5.92 Å². The summed E-state index contributed by atoms with van der Waals surface area (Å²) in [5, 5.41) is 9.55. The van der Waals surface area contributed by atoms with Gasteiger partial charge >= 0.3 is 6.03 Å². The van der Waals surface area contributed by atoms with Crippen LogP contribution in [-0.4, -0.2) is 43.9 Å². The third-order valence-corrected chi connectivity index (χ3v) is 3.58. The number of halogens is 2. The first-order chi connectivity index (χ1) is 10.1. The summed E-state index contributed by atoms with van der Waals surface area (Å²) < 4.78 is 5.25. The molecule has 116 valence electrons. The van der Waals surface area contributed by atoms with Crippen molar-refractivity contribution in [1.29, 1.82) is 0 Å². The largest absolute Gasteiger partial charge is 0.381 e. The highest BCUT2D eigenvalue weighted by atomic mass is 35.5. The number of anilines is 1. The third-order valence-electron chi connectivity index (χ3n) is 3.09. The Balaban J connectivity index is 1.59. The molecule has 0 bridgehead atoms. The molecule has 1 fully saturated rings. The molecule has 0 saturated carbocycles. The Hall–Kier alpha value is -1.24. The maximum absolute atomic E-state index is 11.6. The molecule has 2 rings (SSSR count). The molecule has 1 atom stereocenters. The molecule has 0 aliphatic carbocycles. The van der Waals surface area contributed by atoms with Gasteiger partial charge in [0, 0.05) is 38.4 Å². The van der Waals surface area contributed by atoms with Crippen LogP contribution >= 0.6 is 23.2 Å². The first-order valence-electron chi connectivity index (χ1n) is 6.79. The summed E-state index contributed by atoms with van der Waals surface area (Å²) in [7, 11) is 0. The molecule has 1 aliphatic rings. The lowest BCUT2D eigenvalue weighted by molar-refractivity contribution is 0.185. The van der Waals surface area contributed by atoms with Crippen LogP contribution < -0.4 is 16.0 Å². The molecule has 0 aromatic carbocycles. The van der Waals surface area contributed by atoms with Crippen LogP contribution in [0.1, 0.15) is 6.42 Å². The van der Waals surface area contributed by atoms with E-state index >= 15 is 0 Å². The van der Waals surface area contributed by atoms with E-state index in [2.05, 4.69) is 20.9 Å². The lowest BCUT2D eigenvalue weighted by atomic mass is 10.1. The molecule has 1 aliphatic heterocycles. The van der Waals surface area contributed by atoms with E-state index in [9.17, 15) is 4.79 Å². The van der Waals surface area contributed by atoms with Gasteiger partial charge in [-0.2, -0.15) is 0 Å². The van der Waals surface area contributed by atoms with E-state index < -0.39 is 0 Å². The number of carbonyl (C=O) groups excluding carboxylic acids is 1. The van der Waals surface area contributed by atoms with Crippen molar-refractivity contribution >= 4 is 35.1 Å². The van der Waals surface area contributed by atoms with Crippen molar-refractivity contribution in [3.63, 3.8) is 0 Å². The lowest BCUT2D eigenvalue weighted by Crippen LogP contribution is -2.40. The number of hydrogen-bond donors (Lipinski definition) is 3. The summed E-state index contributed by atoms with van der Waals surface area (Å²) >= 11 is 11.7. The van der Waals surface area contributed by atoms with E-state index in [1.807, 2.05) is 0 Å². The summed E-state index contributed by atoms with van der Waals surface area (Å²) in [6, 6.07) is 1.43. The molecule has 2 amide bonds. The Kier molecular flexibility index (Phi) is 6.35. The second-order valence-corrected chi connectivity index (χ2v) is 5.62. The van der Waals surface area contributed by atoms with Gasteiger partial charge in [0.15, 0.2) is 0 Å². The number of pyridine rings is 1. The molecule has 1 aromatic rings. The minimum Gasteiger partial charge on any atom is -0.381 e. The van der Waals surface area contributed by atoms with E-state index in [-0.39, 0.29) is 6.03 Å². The normalized spacial score (nSPS) is 17.5. The van der Waals surface area contributed by atoms with E-state index in [0.29, 0.717) is 41.4 Å². The molecule has 3 N–H and O–H groups in total. The van der Waals surface area contributed by atoms with E-state index in [4.69, 9.17) is 27.9 Å². The van der Waals surface area contributed by atoms with Gasteiger partial charge in [-0.3, -0.25) is 0 Å². The summed E-state index contributed by atoms with van der Waals surface area (Å²) in [5.41, 5.74) is 0. The third kappa shape index (κ3) is 5.57. The molecule has 2 heterocycles. The number of hydrogen-bond acceptors (Lipinski definition) is 4. The maximum Gasteiger partial charge on any atom is 0.314 e. The fourth-order valence-electron chi connectivity index (χ4n) is 1.95. The zero-order valence-corrected chi connectivity index (χ0v) is 13.0. The van der Waals surface area contributed by atoms with Crippen LogP contribution in [0.25, 0.3) is 0 Å². The molecule has 1 aromatic heterocycles. The van der Waals surface area contributed by atoms with Gasteiger partial charge in [-0.25, -0.2) is 9.78 Å². The first kappa shape index (κ1) is 16.1. The highest BCUT2D eigenvalue weighted by Crippen LogP contribution is 2.21. The number of rotatable bonds is 6. The van der Waals surface area contributed by atoms with E-state index in [1.165, 1.54) is 6.20 Å². The molecular weight excluding hydrogens is 315 g/mol. The van der Waals surface area contributed by atoms with Gasteiger partial charge in [0.1, 0.15) is 5.82 Å². The lowest BCUT2D eigenvalue weighted by Gasteiger charge is -2.11. The van der Waals surface area contributed by atoms with Gasteiger partial charge in [0.2, 0.25) is 0 Å². The Morgan fingerprint density at radius 3 is 2.95 bits per heavy atom. The van der Waals surface area contributed by atoms with Crippen LogP contribution in [0.5, 0.6) is 0 Å². The zero-order valence-electron chi connectivity index (χ0n) is 11.5. The summed E-state index contributed by atoms with van der Waals surface area (Å²) in [6.07, 6.45) is 2.52. The van der Waals surface area contributed by atoms with Gasteiger partial charge in [-0.1, -0.05) is 23.2 Å². The average Bonchev–Trinajstić information content (AvgIpc) is 2.96. The summed E-state index contributed by atoms with van der Waals surface area (Å²) in [5.74, 6) is 0.970. The second kappa shape index (κ2) is 8.26. The predicted molar refractivity (Wildman–Crippen MR) is 83.1 cm³/mol. The number of carbonyl (C=O) groups is 1. The molecule has 0 radical (unpaired) electrons. The monoisotopic (exact) mass is 332 g/mol. The van der Waals surface area contributed by atoms with Gasteiger partial charge in [-0.05, 0) is 12.5 Å². The number of urea groups is 1. The van der Waals surface area contributed by atoms with Crippen molar-refractivity contribution in [2.24, 2.45) is 5.92 Å². The van der Waals surface area contributed by atoms with Crippen LogP contribution in [0.2, 0.25) is 10.0 Å². The highest BCUT2D eigenvalue weighted by Gasteiger charge is 2.15. The van der Waals surface area contributed by atoms with Crippen LogP contribution in [0.15, 0.2) is 12.3 Å². The molecule has 6 nitrogen and oxygen atoms in total. The number of ether oxygens (including phenoxy) is 1. The van der Waals surface area contributed by atoms with Crippen LogP contribution in [-0.2, 0) is 4.74 Å². The molecule has 0 spiro atoms. The van der Waals surface area contributed by atoms with Crippen molar-refractivity contribution in [2.45, 2.75) is 6.42 Å². The molecule has 1 saturated heterocycles. The first-order valence-corrected chi connectivity index (χ1v) is 7.55. The van der Waals surface area contributed by atoms with Gasteiger partial charge in [0.05, 0.1) is 16.7 Å². The van der Waals surface area contributed by atoms with E-state index in [1.54, 1.807) is 6.07 Å². The number of nitrogens with zero attached hydrogens (tertiary/aromatic N) is 1. The van der Waals surface area contributed by atoms with Crippen molar-refractivity contribution in [3.05, 3.63) is 22.3 Å². The molecule has 0 unspecified atom stereocenters. The SMILES string of the molecule is O=C(NCCNc1ncc(Cl)cc1Cl)NC[C@@H]1CCOC1. The minimum atomic E-state index is -0.182. The fraction of sp³-hybridized carbons (Fsp3) is 0.538. The van der Waals surface area contributed by atoms with Crippen LogP contribution in [0.4, 0.5) is 10.6 Å². The Morgan fingerprint density at radius 1 is 1.38 bits per heavy atom. The summed E-state index contributed by atoms with van der Waals surface area (Å²) in [6.45, 7) is 3.14. The van der Waals surface area contributed by atoms with Gasteiger partial charge in [0.25, 0.3) is 0 Å². The number of nitrogens with one attached hydrogen (secondary N) is 3. The summed E-state index contributed by atoms with van der Waals surface area (Å²) in [4.78, 5) is 15.6. The van der Waals surface area contributed by atoms with Crippen molar-refractivity contribution < 1.29 is 9.53 Å². The molecule has 21 heavy (non-hydrogen) atoms. The van der Waals surface area contributed by atoms with Gasteiger partial charge in [-0.15, -0.1) is 0 Å². The quantitative estimate of drug-likeness (QED) is 0.697. The van der Waals surface area contributed by atoms with Crippen molar-refractivity contribution in [1.82, 2.24) is 15.6 Å². The smallest absolute Gasteiger partial charge is 0.314 e. The van der Waals surface area contributed by atoms with Crippen LogP contribution in [0.3, 0.4) is 0 Å². The Morgan fingerprint density at radius 2 is 2.24 bits per heavy atom. The van der Waals surface area contributed by atoms with Gasteiger partial charge < -0.3 is 20.7 Å². The topological polar surface area (TPSA) is 75.3 Å². The van der Waals surface area contributed by atoms with Crippen molar-refractivity contribution in [3.8, 4) is 0 Å². The maximum atomic E-state index is 11.6. The number of aromatic nitrogens is 1. The predicted octanol–water partition coefficient (Wildman–Crippen LogP) is 2.14. The standard InChI is InChI=1S/C13H18Cl2N4O2/c14-10-5-11(15)12(18-7-10)16-2-3-17-13(20)19-6-9-1-4-21-8-9/h5,7,9H,1-4,6,8H2,(H,16,18)(H2,17,19,20)/t9-/m0/s1. The molecular formula is C13H18Cl2N4O2. The Labute approximate surface area is 133 Å². The average molecular weight is 333 g/mol. The fourth-order valence-corrected chi connectivity index (χ4v) is 2.39. The number of amides is 2. The zero-order chi connectivity index (χ0) is 15.1. The second-order valence-electron chi connectivity index (χ2n) is 4.78. The Bertz CT molecular complexity index is 481. The van der Waals surface area contributed by atoms with Crippen molar-refractivity contribution in [2.75, 3.05) is 38.2 Å².